The van der Waals surface area contributed by atoms with E-state index in [2.05, 4.69) is 21.2 Å². The summed E-state index contributed by atoms with van der Waals surface area (Å²) < 4.78 is 1.00. The van der Waals surface area contributed by atoms with Crippen LogP contribution in [-0.2, 0) is 0 Å². The van der Waals surface area contributed by atoms with E-state index in [0.717, 1.165) is 10.0 Å². The number of hydrogen-bond acceptors (Lipinski definition) is 3. The highest BCUT2D eigenvalue weighted by atomic mass is 79.9. The highest BCUT2D eigenvalue weighted by Gasteiger charge is 2.13. The van der Waals surface area contributed by atoms with E-state index in [0.29, 0.717) is 16.9 Å². The van der Waals surface area contributed by atoms with Crippen LogP contribution in [0.15, 0.2) is 46.9 Å². The number of rotatable bonds is 3. The van der Waals surface area contributed by atoms with Crippen LogP contribution in [-0.4, -0.2) is 5.91 Å². The first-order chi connectivity index (χ1) is 9.47. The normalized spacial score (nSPS) is 11.9. The molecule has 2 aromatic carbocycles. The molecule has 0 aromatic heterocycles. The summed E-state index contributed by atoms with van der Waals surface area (Å²) in [6.45, 7) is 1.93. The summed E-state index contributed by atoms with van der Waals surface area (Å²) in [6.07, 6.45) is 0. The lowest BCUT2D eigenvalue weighted by Crippen LogP contribution is -2.27. The van der Waals surface area contributed by atoms with E-state index in [-0.39, 0.29) is 11.9 Å². The van der Waals surface area contributed by atoms with E-state index in [9.17, 15) is 4.79 Å². The fraction of sp³-hybridized carbons (Fsp3) is 0.133. The number of carbonyl (C=O) groups is 1. The fourth-order valence-corrected chi connectivity index (χ4v) is 2.16. The zero-order valence-electron chi connectivity index (χ0n) is 11.1. The van der Waals surface area contributed by atoms with Gasteiger partial charge >= 0.3 is 0 Å². The van der Waals surface area contributed by atoms with Crippen molar-refractivity contribution in [1.82, 2.24) is 5.32 Å². The van der Waals surface area contributed by atoms with Gasteiger partial charge in [0.15, 0.2) is 0 Å². The number of hydrogen-bond donors (Lipinski definition) is 3. The van der Waals surface area contributed by atoms with Crippen molar-refractivity contribution in [3.63, 3.8) is 0 Å². The molecule has 1 amide bonds. The van der Waals surface area contributed by atoms with E-state index in [1.165, 1.54) is 0 Å². The van der Waals surface area contributed by atoms with Crippen molar-refractivity contribution >= 4 is 33.2 Å². The molecule has 0 radical (unpaired) electrons. The molecule has 0 spiro atoms. The van der Waals surface area contributed by atoms with Crippen LogP contribution in [0.2, 0.25) is 0 Å². The molecule has 1 unspecified atom stereocenters. The summed E-state index contributed by atoms with van der Waals surface area (Å²) in [4.78, 5) is 12.2. The SMILES string of the molecule is CC(NC(=O)c1ccc(N)cc1N)c1ccc(Br)cc1. The fourth-order valence-electron chi connectivity index (χ4n) is 1.90. The van der Waals surface area contributed by atoms with Crippen molar-refractivity contribution in [2.24, 2.45) is 0 Å². The quantitative estimate of drug-likeness (QED) is 0.755. The molecule has 0 aliphatic heterocycles. The van der Waals surface area contributed by atoms with Crippen molar-refractivity contribution in [2.75, 3.05) is 11.5 Å². The maximum atomic E-state index is 12.2. The molecule has 0 fully saturated rings. The number of halogens is 1. The lowest BCUT2D eigenvalue weighted by atomic mass is 10.1. The maximum absolute atomic E-state index is 12.2. The Labute approximate surface area is 126 Å². The molecule has 0 aliphatic rings. The second-order valence-corrected chi connectivity index (χ2v) is 5.51. The molecule has 5 heteroatoms. The van der Waals surface area contributed by atoms with Gasteiger partial charge in [0, 0.05) is 15.8 Å². The molecule has 4 nitrogen and oxygen atoms in total. The Kier molecular flexibility index (Phi) is 4.29. The highest BCUT2D eigenvalue weighted by Crippen LogP contribution is 2.19. The second kappa shape index (κ2) is 5.96. The first kappa shape index (κ1) is 14.4. The van der Waals surface area contributed by atoms with Crippen molar-refractivity contribution in [3.05, 3.63) is 58.1 Å². The van der Waals surface area contributed by atoms with Crippen LogP contribution in [0.4, 0.5) is 11.4 Å². The number of anilines is 2. The molecular formula is C15H16BrN3O. The Morgan fingerprint density at radius 2 is 1.80 bits per heavy atom. The summed E-state index contributed by atoms with van der Waals surface area (Å²) in [5, 5.41) is 2.92. The van der Waals surface area contributed by atoms with Gasteiger partial charge in [0.25, 0.3) is 5.91 Å². The Morgan fingerprint density at radius 3 is 2.40 bits per heavy atom. The molecule has 5 N–H and O–H groups in total. The number of carbonyl (C=O) groups excluding carboxylic acids is 1. The summed E-state index contributed by atoms with van der Waals surface area (Å²) in [5.41, 5.74) is 13.8. The molecule has 0 heterocycles. The summed E-state index contributed by atoms with van der Waals surface area (Å²) >= 11 is 3.38. The van der Waals surface area contributed by atoms with Crippen LogP contribution in [0.5, 0.6) is 0 Å². The molecule has 0 aliphatic carbocycles. The van der Waals surface area contributed by atoms with Crippen LogP contribution >= 0.6 is 15.9 Å². The van der Waals surface area contributed by atoms with Gasteiger partial charge in [0.2, 0.25) is 0 Å². The predicted octanol–water partition coefficient (Wildman–Crippen LogP) is 3.10. The van der Waals surface area contributed by atoms with Crippen molar-refractivity contribution in [2.45, 2.75) is 13.0 Å². The molecule has 0 saturated heterocycles. The van der Waals surface area contributed by atoms with E-state index in [1.807, 2.05) is 31.2 Å². The highest BCUT2D eigenvalue weighted by molar-refractivity contribution is 9.10. The molecule has 2 rings (SSSR count). The minimum Gasteiger partial charge on any atom is -0.399 e. The smallest absolute Gasteiger partial charge is 0.253 e. The molecule has 104 valence electrons. The first-order valence-electron chi connectivity index (χ1n) is 6.18. The van der Waals surface area contributed by atoms with Gasteiger partial charge in [-0.3, -0.25) is 4.79 Å². The lowest BCUT2D eigenvalue weighted by Gasteiger charge is -2.15. The second-order valence-electron chi connectivity index (χ2n) is 4.59. The average molecular weight is 334 g/mol. The molecule has 20 heavy (non-hydrogen) atoms. The minimum absolute atomic E-state index is 0.104. The number of benzene rings is 2. The van der Waals surface area contributed by atoms with Gasteiger partial charge in [-0.15, -0.1) is 0 Å². The van der Waals surface area contributed by atoms with Gasteiger partial charge < -0.3 is 16.8 Å². The number of nitrogens with one attached hydrogen (secondary N) is 1. The van der Waals surface area contributed by atoms with Gasteiger partial charge in [-0.2, -0.15) is 0 Å². The van der Waals surface area contributed by atoms with Crippen LogP contribution in [0.3, 0.4) is 0 Å². The predicted molar refractivity (Wildman–Crippen MR) is 85.3 cm³/mol. The van der Waals surface area contributed by atoms with Crippen molar-refractivity contribution < 1.29 is 4.79 Å². The standard InChI is InChI=1S/C15H16BrN3O/c1-9(10-2-4-11(16)5-3-10)19-15(20)13-7-6-12(17)8-14(13)18/h2-9H,17-18H2,1H3,(H,19,20). The first-order valence-corrected chi connectivity index (χ1v) is 6.98. The zero-order chi connectivity index (χ0) is 14.7. The van der Waals surface area contributed by atoms with Crippen LogP contribution in [0, 0.1) is 0 Å². The van der Waals surface area contributed by atoms with Gasteiger partial charge in [-0.1, -0.05) is 28.1 Å². The average Bonchev–Trinajstić information content (AvgIpc) is 2.39. The third kappa shape index (κ3) is 3.30. The Bertz CT molecular complexity index is 626. The Balaban J connectivity index is 2.13. The largest absolute Gasteiger partial charge is 0.399 e. The molecule has 0 bridgehead atoms. The Hall–Kier alpha value is -2.01. The molecule has 0 saturated carbocycles. The van der Waals surface area contributed by atoms with Crippen LogP contribution in [0.25, 0.3) is 0 Å². The third-order valence-corrected chi connectivity index (χ3v) is 3.57. The van der Waals surface area contributed by atoms with Crippen LogP contribution < -0.4 is 16.8 Å². The van der Waals surface area contributed by atoms with Gasteiger partial charge in [0.1, 0.15) is 0 Å². The van der Waals surface area contributed by atoms with Crippen molar-refractivity contribution in [1.29, 1.82) is 0 Å². The number of amides is 1. The molecular weight excluding hydrogens is 318 g/mol. The topological polar surface area (TPSA) is 81.1 Å². The summed E-state index contributed by atoms with van der Waals surface area (Å²) in [6, 6.07) is 12.6. The maximum Gasteiger partial charge on any atom is 0.253 e. The van der Waals surface area contributed by atoms with Crippen LogP contribution in [0.1, 0.15) is 28.9 Å². The summed E-state index contributed by atoms with van der Waals surface area (Å²) in [5.74, 6) is -0.210. The number of nitrogens with two attached hydrogens (primary N) is 2. The van der Waals surface area contributed by atoms with E-state index in [1.54, 1.807) is 18.2 Å². The van der Waals surface area contributed by atoms with Gasteiger partial charge in [-0.25, -0.2) is 0 Å². The molecule has 1 atom stereocenters. The van der Waals surface area contributed by atoms with Crippen molar-refractivity contribution in [3.8, 4) is 0 Å². The van der Waals surface area contributed by atoms with E-state index < -0.39 is 0 Å². The van der Waals surface area contributed by atoms with E-state index >= 15 is 0 Å². The monoisotopic (exact) mass is 333 g/mol. The minimum atomic E-state index is -0.210. The van der Waals surface area contributed by atoms with Gasteiger partial charge in [0.05, 0.1) is 11.6 Å². The van der Waals surface area contributed by atoms with E-state index in [4.69, 9.17) is 11.5 Å². The third-order valence-electron chi connectivity index (χ3n) is 3.04. The Morgan fingerprint density at radius 1 is 1.15 bits per heavy atom. The lowest BCUT2D eigenvalue weighted by molar-refractivity contribution is 0.0941. The summed E-state index contributed by atoms with van der Waals surface area (Å²) in [7, 11) is 0. The van der Waals surface area contributed by atoms with Gasteiger partial charge in [-0.05, 0) is 42.8 Å². The number of nitrogen functional groups attached to an aromatic ring is 2. The zero-order valence-corrected chi connectivity index (χ0v) is 12.6. The molecule has 2 aromatic rings.